The molecule has 28 heavy (non-hydrogen) atoms. The molecule has 1 N–H and O–H groups in total. The van der Waals surface area contributed by atoms with E-state index in [1.807, 2.05) is 0 Å². The summed E-state index contributed by atoms with van der Waals surface area (Å²) < 4.78 is 9.39. The van der Waals surface area contributed by atoms with E-state index in [0.29, 0.717) is 10.7 Å². The van der Waals surface area contributed by atoms with Gasteiger partial charge in [0.2, 0.25) is 0 Å². The van der Waals surface area contributed by atoms with Crippen LogP contribution in [0.4, 0.5) is 5.69 Å². The molecule has 0 aliphatic rings. The summed E-state index contributed by atoms with van der Waals surface area (Å²) in [5.74, 6) is -1.82. The number of aromatic nitrogens is 3. The molecule has 2 aromatic heterocycles. The van der Waals surface area contributed by atoms with Crippen LogP contribution >= 0.6 is 11.3 Å². The lowest BCUT2D eigenvalue weighted by molar-refractivity contribution is 0.0587. The minimum atomic E-state index is -0.662. The molecule has 0 aliphatic carbocycles. The van der Waals surface area contributed by atoms with Gasteiger partial charge in [0, 0.05) is 17.8 Å². The molecular formula is C18H14N4O5S. The van der Waals surface area contributed by atoms with E-state index in [2.05, 4.69) is 25.0 Å². The van der Waals surface area contributed by atoms with Crippen LogP contribution in [0, 0.1) is 0 Å². The van der Waals surface area contributed by atoms with Gasteiger partial charge in [-0.05, 0) is 18.2 Å². The smallest absolute Gasteiger partial charge is 0.339 e. The van der Waals surface area contributed by atoms with Crippen LogP contribution in [0.2, 0.25) is 0 Å². The number of benzene rings is 1. The Morgan fingerprint density at radius 2 is 1.86 bits per heavy atom. The molecule has 0 spiro atoms. The van der Waals surface area contributed by atoms with Crippen LogP contribution in [0.15, 0.2) is 42.2 Å². The fraction of sp³-hybridized carbons (Fsp3) is 0.111. The lowest BCUT2D eigenvalue weighted by Crippen LogP contribution is -2.17. The fourth-order valence-corrected chi connectivity index (χ4v) is 3.03. The number of amides is 1. The minimum Gasteiger partial charge on any atom is -0.465 e. The maximum absolute atomic E-state index is 12.6. The molecule has 2 heterocycles. The molecule has 0 saturated heterocycles. The van der Waals surface area contributed by atoms with Crippen molar-refractivity contribution in [3.8, 4) is 10.7 Å². The highest BCUT2D eigenvalue weighted by Gasteiger charge is 2.19. The Balaban J connectivity index is 1.89. The second-order valence-corrected chi connectivity index (χ2v) is 6.18. The van der Waals surface area contributed by atoms with Crippen LogP contribution in [0.1, 0.15) is 31.2 Å². The number of anilines is 1. The van der Waals surface area contributed by atoms with Gasteiger partial charge in [0.25, 0.3) is 5.91 Å². The van der Waals surface area contributed by atoms with Crippen LogP contribution in [0.5, 0.6) is 0 Å². The number of nitrogens with one attached hydrogen (secondary N) is 1. The largest absolute Gasteiger partial charge is 0.465 e. The highest BCUT2D eigenvalue weighted by atomic mass is 32.1. The molecule has 0 fully saturated rings. The summed E-state index contributed by atoms with van der Waals surface area (Å²) in [5, 5.41) is 4.67. The lowest BCUT2D eigenvalue weighted by Gasteiger charge is -2.10. The van der Waals surface area contributed by atoms with Crippen molar-refractivity contribution in [2.24, 2.45) is 0 Å². The van der Waals surface area contributed by atoms with Crippen molar-refractivity contribution in [3.63, 3.8) is 0 Å². The number of thiazole rings is 1. The van der Waals surface area contributed by atoms with E-state index >= 15 is 0 Å². The highest BCUT2D eigenvalue weighted by Crippen LogP contribution is 2.23. The first-order valence-electron chi connectivity index (χ1n) is 7.87. The number of rotatable bonds is 5. The van der Waals surface area contributed by atoms with E-state index in [9.17, 15) is 14.4 Å². The second kappa shape index (κ2) is 8.35. The van der Waals surface area contributed by atoms with Crippen molar-refractivity contribution in [1.29, 1.82) is 0 Å². The monoisotopic (exact) mass is 398 g/mol. The van der Waals surface area contributed by atoms with Crippen molar-refractivity contribution >= 4 is 34.9 Å². The van der Waals surface area contributed by atoms with Gasteiger partial charge in [-0.15, -0.1) is 11.3 Å². The third-order valence-electron chi connectivity index (χ3n) is 3.61. The zero-order valence-corrected chi connectivity index (χ0v) is 15.6. The number of hydrogen-bond acceptors (Lipinski definition) is 9. The molecule has 0 saturated carbocycles. The first-order valence-corrected chi connectivity index (χ1v) is 8.75. The average Bonchev–Trinajstić information content (AvgIpc) is 3.23. The molecule has 1 aromatic carbocycles. The highest BCUT2D eigenvalue weighted by molar-refractivity contribution is 7.13. The summed E-state index contributed by atoms with van der Waals surface area (Å²) in [5.41, 5.74) is 1.03. The maximum atomic E-state index is 12.6. The molecule has 0 atom stereocenters. The van der Waals surface area contributed by atoms with Gasteiger partial charge in [-0.3, -0.25) is 14.8 Å². The molecule has 0 bridgehead atoms. The molecule has 9 nitrogen and oxygen atoms in total. The molecule has 142 valence electrons. The molecule has 1 amide bonds. The van der Waals surface area contributed by atoms with Gasteiger partial charge in [-0.25, -0.2) is 14.6 Å². The van der Waals surface area contributed by atoms with Gasteiger partial charge >= 0.3 is 11.9 Å². The number of methoxy groups -OCH3 is 2. The van der Waals surface area contributed by atoms with Gasteiger partial charge in [0.05, 0.1) is 37.2 Å². The number of ether oxygens (including phenoxy) is 2. The Morgan fingerprint density at radius 3 is 2.54 bits per heavy atom. The zero-order chi connectivity index (χ0) is 20.1. The van der Waals surface area contributed by atoms with Gasteiger partial charge in [-0.1, -0.05) is 0 Å². The summed E-state index contributed by atoms with van der Waals surface area (Å²) in [6.07, 6.45) is 4.60. The van der Waals surface area contributed by atoms with Gasteiger partial charge in [-0.2, -0.15) is 0 Å². The topological polar surface area (TPSA) is 120 Å². The number of carbonyl (C=O) groups is 3. The van der Waals surface area contributed by atoms with E-state index in [1.165, 1.54) is 62.3 Å². The number of hydrogen-bond donors (Lipinski definition) is 1. The van der Waals surface area contributed by atoms with Crippen LogP contribution < -0.4 is 5.32 Å². The summed E-state index contributed by atoms with van der Waals surface area (Å²) >= 11 is 1.23. The SMILES string of the molecule is COC(=O)c1ccc(C(=O)OC)c(NC(=O)c2csc(-c3cnccn3)n2)c1. The molecule has 0 unspecified atom stereocenters. The quantitative estimate of drug-likeness (QED) is 0.651. The molecule has 0 aliphatic heterocycles. The molecule has 0 radical (unpaired) electrons. The van der Waals surface area contributed by atoms with E-state index in [4.69, 9.17) is 4.74 Å². The van der Waals surface area contributed by atoms with Crippen LogP contribution in [-0.4, -0.2) is 47.0 Å². The number of esters is 2. The lowest BCUT2D eigenvalue weighted by atomic mass is 10.1. The maximum Gasteiger partial charge on any atom is 0.339 e. The normalized spacial score (nSPS) is 10.2. The second-order valence-electron chi connectivity index (χ2n) is 5.33. The van der Waals surface area contributed by atoms with E-state index in [1.54, 1.807) is 5.38 Å². The first kappa shape index (κ1) is 19.1. The number of carbonyl (C=O) groups excluding carboxylic acids is 3. The van der Waals surface area contributed by atoms with Crippen molar-refractivity contribution in [2.75, 3.05) is 19.5 Å². The van der Waals surface area contributed by atoms with E-state index < -0.39 is 17.8 Å². The van der Waals surface area contributed by atoms with Crippen molar-refractivity contribution < 1.29 is 23.9 Å². The average molecular weight is 398 g/mol. The Hall–Kier alpha value is -3.66. The standard InChI is InChI=1S/C18H14N4O5S/c1-26-17(24)10-3-4-11(18(25)27-2)12(7-10)21-15(23)14-9-28-16(22-14)13-8-19-5-6-20-13/h3-9H,1-2H3,(H,21,23). The van der Waals surface area contributed by atoms with Gasteiger partial charge in [0.1, 0.15) is 16.4 Å². The fourth-order valence-electron chi connectivity index (χ4n) is 2.27. The predicted octanol–water partition coefficient (Wildman–Crippen LogP) is 2.43. The molecular weight excluding hydrogens is 384 g/mol. The van der Waals surface area contributed by atoms with Crippen LogP contribution in [-0.2, 0) is 9.47 Å². The van der Waals surface area contributed by atoms with Gasteiger partial charge in [0.15, 0.2) is 0 Å². The predicted molar refractivity (Wildman–Crippen MR) is 100 cm³/mol. The van der Waals surface area contributed by atoms with Crippen molar-refractivity contribution in [2.45, 2.75) is 0 Å². The van der Waals surface area contributed by atoms with Crippen molar-refractivity contribution in [3.05, 3.63) is 59.0 Å². The summed E-state index contributed by atoms with van der Waals surface area (Å²) in [4.78, 5) is 48.7. The Bertz CT molecular complexity index is 1040. The summed E-state index contributed by atoms with van der Waals surface area (Å²) in [7, 11) is 2.45. The first-order chi connectivity index (χ1) is 13.5. The molecule has 10 heteroatoms. The molecule has 3 rings (SSSR count). The van der Waals surface area contributed by atoms with Crippen molar-refractivity contribution in [1.82, 2.24) is 15.0 Å². The van der Waals surface area contributed by atoms with E-state index in [0.717, 1.165) is 0 Å². The number of nitrogens with zero attached hydrogens (tertiary/aromatic N) is 3. The summed E-state index contributed by atoms with van der Waals surface area (Å²) in [6.45, 7) is 0. The molecule has 3 aromatic rings. The third-order valence-corrected chi connectivity index (χ3v) is 4.48. The summed E-state index contributed by atoms with van der Waals surface area (Å²) in [6, 6.07) is 4.12. The Labute approximate surface area is 163 Å². The Kier molecular flexibility index (Phi) is 5.70. The minimum absolute atomic E-state index is 0.0906. The Morgan fingerprint density at radius 1 is 1.07 bits per heavy atom. The van der Waals surface area contributed by atoms with E-state index in [-0.39, 0.29) is 22.5 Å². The van der Waals surface area contributed by atoms with Gasteiger partial charge < -0.3 is 14.8 Å². The third kappa shape index (κ3) is 4.01. The zero-order valence-electron chi connectivity index (χ0n) is 14.8. The van der Waals surface area contributed by atoms with Crippen LogP contribution in [0.3, 0.4) is 0 Å². The van der Waals surface area contributed by atoms with Crippen LogP contribution in [0.25, 0.3) is 10.7 Å².